The van der Waals surface area contributed by atoms with E-state index in [2.05, 4.69) is 5.32 Å². The summed E-state index contributed by atoms with van der Waals surface area (Å²) < 4.78 is 5.22. The smallest absolute Gasteiger partial charge is 0.338 e. The fraction of sp³-hybridized carbons (Fsp3) is 0.273. The van der Waals surface area contributed by atoms with Crippen LogP contribution in [0.4, 0.5) is 5.69 Å². The normalized spacial score (nSPS) is 13.8. The van der Waals surface area contributed by atoms with E-state index in [1.54, 1.807) is 24.3 Å². The predicted octanol–water partition coefficient (Wildman–Crippen LogP) is 3.27. The zero-order chi connectivity index (χ0) is 21.0. The third-order valence-electron chi connectivity index (χ3n) is 4.64. The molecule has 0 saturated carbocycles. The molecule has 0 aliphatic carbocycles. The van der Waals surface area contributed by atoms with Crippen molar-refractivity contribution >= 4 is 29.4 Å². The highest BCUT2D eigenvalue weighted by Gasteiger charge is 2.35. The van der Waals surface area contributed by atoms with Gasteiger partial charge < -0.3 is 10.1 Å². The molecular formula is C22H22N2O5. The van der Waals surface area contributed by atoms with Crippen molar-refractivity contribution in [3.63, 3.8) is 0 Å². The first-order valence-electron chi connectivity index (χ1n) is 9.49. The second-order valence-electron chi connectivity index (χ2n) is 6.78. The highest BCUT2D eigenvalue weighted by atomic mass is 16.5. The number of unbranched alkanes of at least 4 members (excludes halogenated alkanes) is 1. The number of rotatable bonds is 7. The molecule has 0 unspecified atom stereocenters. The van der Waals surface area contributed by atoms with E-state index < -0.39 is 23.9 Å². The Hall–Kier alpha value is -3.48. The van der Waals surface area contributed by atoms with Gasteiger partial charge in [0.2, 0.25) is 0 Å². The number of hydrogen-bond acceptors (Lipinski definition) is 5. The van der Waals surface area contributed by atoms with Crippen LogP contribution < -0.4 is 5.32 Å². The largest absolute Gasteiger partial charge is 0.449 e. The standard InChI is InChI=1S/C22H22N2O5/c1-3-4-12-24-20(26)17-11-10-15(13-18(17)21(24)27)22(28)29-14(2)19(25)23-16-8-6-5-7-9-16/h5-11,13-14H,3-4,12H2,1-2H3,(H,23,25)/t14-/m1/s1. The lowest BCUT2D eigenvalue weighted by molar-refractivity contribution is -0.123. The summed E-state index contributed by atoms with van der Waals surface area (Å²) in [6.07, 6.45) is 0.539. The molecule has 1 heterocycles. The SMILES string of the molecule is CCCCN1C(=O)c2ccc(C(=O)O[C@H](C)C(=O)Nc3ccccc3)cc2C1=O. The second kappa shape index (κ2) is 8.68. The summed E-state index contributed by atoms with van der Waals surface area (Å²) >= 11 is 0. The Kier molecular flexibility index (Phi) is 6.07. The van der Waals surface area contributed by atoms with Crippen molar-refractivity contribution in [1.82, 2.24) is 4.90 Å². The second-order valence-corrected chi connectivity index (χ2v) is 6.78. The molecule has 1 aliphatic rings. The number of nitrogens with zero attached hydrogens (tertiary/aromatic N) is 1. The average molecular weight is 394 g/mol. The van der Waals surface area contributed by atoms with Gasteiger partial charge in [0.15, 0.2) is 6.10 Å². The van der Waals surface area contributed by atoms with E-state index in [4.69, 9.17) is 4.74 Å². The number of benzene rings is 2. The first-order valence-corrected chi connectivity index (χ1v) is 9.49. The fourth-order valence-electron chi connectivity index (χ4n) is 2.98. The fourth-order valence-corrected chi connectivity index (χ4v) is 2.98. The highest BCUT2D eigenvalue weighted by molar-refractivity contribution is 6.22. The van der Waals surface area contributed by atoms with E-state index in [-0.39, 0.29) is 22.6 Å². The summed E-state index contributed by atoms with van der Waals surface area (Å²) in [7, 11) is 0. The van der Waals surface area contributed by atoms with E-state index >= 15 is 0 Å². The first-order chi connectivity index (χ1) is 13.9. The number of nitrogens with one attached hydrogen (secondary N) is 1. The molecule has 1 aliphatic heterocycles. The minimum Gasteiger partial charge on any atom is -0.449 e. The molecule has 0 fully saturated rings. The Balaban J connectivity index is 1.68. The average Bonchev–Trinajstić information content (AvgIpc) is 2.96. The Morgan fingerprint density at radius 2 is 1.72 bits per heavy atom. The van der Waals surface area contributed by atoms with Crippen LogP contribution >= 0.6 is 0 Å². The molecule has 150 valence electrons. The molecule has 7 heteroatoms. The molecule has 1 N–H and O–H groups in total. The van der Waals surface area contributed by atoms with Gasteiger partial charge >= 0.3 is 5.97 Å². The van der Waals surface area contributed by atoms with Gasteiger partial charge in [-0.15, -0.1) is 0 Å². The maximum absolute atomic E-state index is 12.5. The van der Waals surface area contributed by atoms with Gasteiger partial charge in [-0.2, -0.15) is 0 Å². The third-order valence-corrected chi connectivity index (χ3v) is 4.64. The number of carbonyl (C=O) groups excluding carboxylic acids is 4. The monoisotopic (exact) mass is 394 g/mol. The predicted molar refractivity (Wildman–Crippen MR) is 107 cm³/mol. The minimum atomic E-state index is -1.03. The number of esters is 1. The van der Waals surface area contributed by atoms with Crippen LogP contribution in [0.1, 0.15) is 57.8 Å². The van der Waals surface area contributed by atoms with Crippen LogP contribution in [0.2, 0.25) is 0 Å². The van der Waals surface area contributed by atoms with Gasteiger partial charge in [0.1, 0.15) is 0 Å². The van der Waals surface area contributed by atoms with Crippen LogP contribution in [0.15, 0.2) is 48.5 Å². The van der Waals surface area contributed by atoms with Gasteiger partial charge in [0.05, 0.1) is 16.7 Å². The summed E-state index contributed by atoms with van der Waals surface area (Å²) in [6.45, 7) is 3.78. The van der Waals surface area contributed by atoms with Crippen molar-refractivity contribution in [3.8, 4) is 0 Å². The first kappa shape index (κ1) is 20.3. The lowest BCUT2D eigenvalue weighted by Gasteiger charge is -2.13. The minimum absolute atomic E-state index is 0.113. The Bertz CT molecular complexity index is 955. The number of ether oxygens (including phenoxy) is 1. The lowest BCUT2D eigenvalue weighted by Crippen LogP contribution is -2.30. The number of hydrogen-bond donors (Lipinski definition) is 1. The summed E-state index contributed by atoms with van der Waals surface area (Å²) in [5.74, 6) is -1.98. The molecule has 1 atom stereocenters. The zero-order valence-electron chi connectivity index (χ0n) is 16.3. The van der Waals surface area contributed by atoms with Gasteiger partial charge in [-0.25, -0.2) is 4.79 Å². The molecule has 7 nitrogen and oxygen atoms in total. The van der Waals surface area contributed by atoms with E-state index in [0.717, 1.165) is 6.42 Å². The molecule has 0 saturated heterocycles. The van der Waals surface area contributed by atoms with Gasteiger partial charge in [-0.05, 0) is 43.7 Å². The van der Waals surface area contributed by atoms with Crippen molar-refractivity contribution in [1.29, 1.82) is 0 Å². The number of amides is 3. The Morgan fingerprint density at radius 1 is 1.03 bits per heavy atom. The van der Waals surface area contributed by atoms with Crippen molar-refractivity contribution in [2.24, 2.45) is 0 Å². The Morgan fingerprint density at radius 3 is 2.41 bits per heavy atom. The van der Waals surface area contributed by atoms with Gasteiger partial charge in [-0.3, -0.25) is 19.3 Å². The van der Waals surface area contributed by atoms with Crippen molar-refractivity contribution in [2.45, 2.75) is 32.8 Å². The van der Waals surface area contributed by atoms with Crippen molar-refractivity contribution in [2.75, 3.05) is 11.9 Å². The molecule has 0 aromatic heterocycles. The van der Waals surface area contributed by atoms with Crippen LogP contribution in [-0.4, -0.2) is 41.2 Å². The molecule has 2 aromatic carbocycles. The van der Waals surface area contributed by atoms with Crippen molar-refractivity contribution < 1.29 is 23.9 Å². The van der Waals surface area contributed by atoms with E-state index in [1.165, 1.54) is 30.0 Å². The van der Waals surface area contributed by atoms with E-state index in [0.29, 0.717) is 18.7 Å². The third kappa shape index (κ3) is 4.34. The molecular weight excluding hydrogens is 372 g/mol. The molecule has 0 radical (unpaired) electrons. The van der Waals surface area contributed by atoms with Crippen LogP contribution in [0.5, 0.6) is 0 Å². The van der Waals surface area contributed by atoms with Crippen LogP contribution in [0.3, 0.4) is 0 Å². The topological polar surface area (TPSA) is 92.8 Å². The van der Waals surface area contributed by atoms with E-state index in [1.807, 2.05) is 13.0 Å². The zero-order valence-corrected chi connectivity index (χ0v) is 16.3. The summed E-state index contributed by atoms with van der Waals surface area (Å²) in [6, 6.07) is 13.1. The van der Waals surface area contributed by atoms with Gasteiger partial charge in [0.25, 0.3) is 17.7 Å². The molecule has 0 bridgehead atoms. The number of anilines is 1. The lowest BCUT2D eigenvalue weighted by atomic mass is 10.1. The molecule has 0 spiro atoms. The number of carbonyl (C=O) groups is 4. The maximum atomic E-state index is 12.5. The summed E-state index contributed by atoms with van der Waals surface area (Å²) in [5, 5.41) is 2.66. The molecule has 3 amide bonds. The molecule has 3 rings (SSSR count). The number of imide groups is 1. The van der Waals surface area contributed by atoms with Crippen LogP contribution in [0.25, 0.3) is 0 Å². The summed E-state index contributed by atoms with van der Waals surface area (Å²) in [5.41, 5.74) is 1.16. The quantitative estimate of drug-likeness (QED) is 0.575. The number of para-hydroxylation sites is 1. The highest BCUT2D eigenvalue weighted by Crippen LogP contribution is 2.25. The number of fused-ring (bicyclic) bond motifs is 1. The van der Waals surface area contributed by atoms with Crippen LogP contribution in [-0.2, 0) is 9.53 Å². The Labute approximate surface area is 168 Å². The van der Waals surface area contributed by atoms with Crippen molar-refractivity contribution in [3.05, 3.63) is 65.2 Å². The maximum Gasteiger partial charge on any atom is 0.338 e. The van der Waals surface area contributed by atoms with Gasteiger partial charge in [-0.1, -0.05) is 31.5 Å². The van der Waals surface area contributed by atoms with Gasteiger partial charge in [0, 0.05) is 12.2 Å². The molecule has 2 aromatic rings. The van der Waals surface area contributed by atoms with E-state index in [9.17, 15) is 19.2 Å². The summed E-state index contributed by atoms with van der Waals surface area (Å²) in [4.78, 5) is 50.7. The van der Waals surface area contributed by atoms with Crippen LogP contribution in [0, 0.1) is 0 Å². The molecule has 29 heavy (non-hydrogen) atoms.